The van der Waals surface area contributed by atoms with Crippen LogP contribution in [0.5, 0.6) is 5.88 Å². The van der Waals surface area contributed by atoms with Gasteiger partial charge in [-0.15, -0.1) is 0 Å². The Labute approximate surface area is 126 Å². The van der Waals surface area contributed by atoms with Crippen molar-refractivity contribution in [2.24, 2.45) is 5.84 Å². The number of nitrogens with zero attached hydrogens (tertiary/aromatic N) is 2. The summed E-state index contributed by atoms with van der Waals surface area (Å²) in [5.41, 5.74) is 4.45. The Kier molecular flexibility index (Phi) is 4.92. The first-order chi connectivity index (χ1) is 9.63. The van der Waals surface area contributed by atoms with Gasteiger partial charge in [0.1, 0.15) is 18.2 Å². The first-order valence-corrected chi connectivity index (χ1v) is 7.14. The van der Waals surface area contributed by atoms with Crippen LogP contribution in [0.4, 0.5) is 5.82 Å². The molecule has 0 spiro atoms. The van der Waals surface area contributed by atoms with Crippen molar-refractivity contribution in [3.63, 3.8) is 0 Å². The van der Waals surface area contributed by atoms with Crippen LogP contribution < -0.4 is 16.0 Å². The highest BCUT2D eigenvalue weighted by molar-refractivity contribution is 9.10. The highest BCUT2D eigenvalue weighted by atomic mass is 79.9. The molecule has 0 fully saturated rings. The Balaban J connectivity index is 2.20. The van der Waals surface area contributed by atoms with E-state index in [1.54, 1.807) is 0 Å². The Morgan fingerprint density at radius 3 is 2.80 bits per heavy atom. The third-order valence-electron chi connectivity index (χ3n) is 2.86. The maximum Gasteiger partial charge on any atom is 0.222 e. The van der Waals surface area contributed by atoms with Gasteiger partial charge in [0, 0.05) is 10.9 Å². The number of aryl methyl sites for hydroxylation is 1. The zero-order chi connectivity index (χ0) is 14.5. The van der Waals surface area contributed by atoms with Crippen molar-refractivity contribution in [2.75, 3.05) is 5.43 Å². The molecule has 0 bridgehead atoms. The van der Waals surface area contributed by atoms with E-state index in [9.17, 15) is 0 Å². The topological polar surface area (TPSA) is 73.1 Å². The molecule has 0 unspecified atom stereocenters. The Morgan fingerprint density at radius 2 is 2.15 bits per heavy atom. The number of hydrazine groups is 1. The molecule has 1 aromatic heterocycles. The minimum Gasteiger partial charge on any atom is -0.472 e. The lowest BCUT2D eigenvalue weighted by atomic mass is 10.2. The molecule has 1 heterocycles. The fraction of sp³-hybridized carbons (Fsp3) is 0.286. The summed E-state index contributed by atoms with van der Waals surface area (Å²) < 4.78 is 6.82. The van der Waals surface area contributed by atoms with Gasteiger partial charge in [-0.3, -0.25) is 0 Å². The van der Waals surface area contributed by atoms with E-state index >= 15 is 0 Å². The molecule has 20 heavy (non-hydrogen) atoms. The molecular formula is C14H17BrN4O. The van der Waals surface area contributed by atoms with Gasteiger partial charge in [-0.2, -0.15) is 4.98 Å². The van der Waals surface area contributed by atoms with E-state index in [1.807, 2.05) is 38.1 Å². The van der Waals surface area contributed by atoms with Gasteiger partial charge in [0.15, 0.2) is 0 Å². The van der Waals surface area contributed by atoms with Crippen molar-refractivity contribution < 1.29 is 4.74 Å². The van der Waals surface area contributed by atoms with Crippen LogP contribution in [-0.2, 0) is 13.0 Å². The number of rotatable bonds is 5. The van der Waals surface area contributed by atoms with Crippen LogP contribution >= 0.6 is 15.9 Å². The first kappa shape index (κ1) is 14.7. The molecule has 0 saturated carbocycles. The number of anilines is 1. The number of benzene rings is 1. The number of nitrogen functional groups attached to an aromatic ring is 1. The summed E-state index contributed by atoms with van der Waals surface area (Å²) in [6, 6.07) is 7.97. The van der Waals surface area contributed by atoms with Crippen LogP contribution in [0.25, 0.3) is 0 Å². The standard InChI is InChI=1S/C14H17BrN4O/c1-3-12-17-13(19-16)9(2)14(18-12)20-8-10-5-4-6-11(15)7-10/h4-7H,3,8,16H2,1-2H3,(H,17,18,19). The van der Waals surface area contributed by atoms with Crippen molar-refractivity contribution in [3.8, 4) is 5.88 Å². The normalized spacial score (nSPS) is 10.4. The summed E-state index contributed by atoms with van der Waals surface area (Å²) in [6.45, 7) is 4.32. The molecule has 3 N–H and O–H groups in total. The van der Waals surface area contributed by atoms with Crippen LogP contribution in [0.2, 0.25) is 0 Å². The number of hydrogen-bond donors (Lipinski definition) is 2. The molecule has 0 radical (unpaired) electrons. The second-order valence-electron chi connectivity index (χ2n) is 4.34. The summed E-state index contributed by atoms with van der Waals surface area (Å²) in [6.07, 6.45) is 0.724. The van der Waals surface area contributed by atoms with E-state index in [0.717, 1.165) is 22.0 Å². The van der Waals surface area contributed by atoms with E-state index < -0.39 is 0 Å². The van der Waals surface area contributed by atoms with Gasteiger partial charge in [0.25, 0.3) is 0 Å². The molecular weight excluding hydrogens is 320 g/mol. The maximum atomic E-state index is 5.80. The van der Waals surface area contributed by atoms with Crippen LogP contribution in [0.3, 0.4) is 0 Å². The second kappa shape index (κ2) is 6.67. The van der Waals surface area contributed by atoms with Gasteiger partial charge < -0.3 is 10.2 Å². The van der Waals surface area contributed by atoms with Gasteiger partial charge in [-0.05, 0) is 24.6 Å². The summed E-state index contributed by atoms with van der Waals surface area (Å²) in [7, 11) is 0. The molecule has 0 aliphatic heterocycles. The number of aromatic nitrogens is 2. The van der Waals surface area contributed by atoms with Crippen molar-refractivity contribution in [2.45, 2.75) is 26.9 Å². The zero-order valence-corrected chi connectivity index (χ0v) is 13.1. The molecule has 5 nitrogen and oxygen atoms in total. The third-order valence-corrected chi connectivity index (χ3v) is 3.36. The first-order valence-electron chi connectivity index (χ1n) is 6.35. The predicted octanol–water partition coefficient (Wildman–Crippen LogP) is 2.97. The maximum absolute atomic E-state index is 5.80. The van der Waals surface area contributed by atoms with E-state index in [-0.39, 0.29) is 0 Å². The largest absolute Gasteiger partial charge is 0.472 e. The average Bonchev–Trinajstić information content (AvgIpc) is 2.46. The van der Waals surface area contributed by atoms with E-state index in [2.05, 4.69) is 31.3 Å². The van der Waals surface area contributed by atoms with Crippen molar-refractivity contribution in [1.82, 2.24) is 9.97 Å². The minimum absolute atomic E-state index is 0.449. The van der Waals surface area contributed by atoms with Gasteiger partial charge in [0.2, 0.25) is 5.88 Å². The smallest absolute Gasteiger partial charge is 0.222 e. The molecule has 0 amide bonds. The monoisotopic (exact) mass is 336 g/mol. The molecule has 0 aliphatic rings. The van der Waals surface area contributed by atoms with Crippen LogP contribution in [0.15, 0.2) is 28.7 Å². The number of halogens is 1. The summed E-state index contributed by atoms with van der Waals surface area (Å²) in [4.78, 5) is 8.70. The number of ether oxygens (including phenoxy) is 1. The van der Waals surface area contributed by atoms with Gasteiger partial charge in [0.05, 0.1) is 5.56 Å². The molecule has 1 aromatic carbocycles. The van der Waals surface area contributed by atoms with Gasteiger partial charge >= 0.3 is 0 Å². The molecule has 2 aromatic rings. The van der Waals surface area contributed by atoms with Crippen LogP contribution in [-0.4, -0.2) is 9.97 Å². The fourth-order valence-corrected chi connectivity index (χ4v) is 2.20. The van der Waals surface area contributed by atoms with Gasteiger partial charge in [-0.1, -0.05) is 35.0 Å². The number of nitrogens with one attached hydrogen (secondary N) is 1. The SMILES string of the molecule is CCc1nc(NN)c(C)c(OCc2cccc(Br)c2)n1. The third kappa shape index (κ3) is 3.46. The Morgan fingerprint density at radius 1 is 1.35 bits per heavy atom. The highest BCUT2D eigenvalue weighted by Gasteiger charge is 2.10. The van der Waals surface area contributed by atoms with E-state index in [0.29, 0.717) is 24.1 Å². The quantitative estimate of drug-likeness (QED) is 0.648. The molecule has 0 atom stereocenters. The summed E-state index contributed by atoms with van der Waals surface area (Å²) >= 11 is 3.44. The molecule has 6 heteroatoms. The van der Waals surface area contributed by atoms with Crippen LogP contribution in [0, 0.1) is 6.92 Å². The average molecular weight is 337 g/mol. The lowest BCUT2D eigenvalue weighted by Gasteiger charge is -2.12. The van der Waals surface area contributed by atoms with Crippen molar-refractivity contribution in [1.29, 1.82) is 0 Å². The second-order valence-corrected chi connectivity index (χ2v) is 5.25. The molecule has 106 valence electrons. The number of hydrogen-bond acceptors (Lipinski definition) is 5. The van der Waals surface area contributed by atoms with E-state index in [4.69, 9.17) is 10.6 Å². The number of nitrogens with two attached hydrogens (primary N) is 1. The fourth-order valence-electron chi connectivity index (χ4n) is 1.76. The van der Waals surface area contributed by atoms with E-state index in [1.165, 1.54) is 0 Å². The van der Waals surface area contributed by atoms with Crippen molar-refractivity contribution >= 4 is 21.7 Å². The predicted molar refractivity (Wildman–Crippen MR) is 82.4 cm³/mol. The Bertz CT molecular complexity index is 604. The zero-order valence-electron chi connectivity index (χ0n) is 11.5. The Hall–Kier alpha value is -1.66. The summed E-state index contributed by atoms with van der Waals surface area (Å²) in [5.74, 6) is 7.33. The minimum atomic E-state index is 0.449. The lowest BCUT2D eigenvalue weighted by Crippen LogP contribution is -2.13. The molecule has 0 saturated heterocycles. The van der Waals surface area contributed by atoms with Crippen LogP contribution in [0.1, 0.15) is 23.9 Å². The molecule has 2 rings (SSSR count). The van der Waals surface area contributed by atoms with Crippen molar-refractivity contribution in [3.05, 3.63) is 45.7 Å². The molecule has 0 aliphatic carbocycles. The lowest BCUT2D eigenvalue weighted by molar-refractivity contribution is 0.290. The summed E-state index contributed by atoms with van der Waals surface area (Å²) in [5, 5.41) is 0. The highest BCUT2D eigenvalue weighted by Crippen LogP contribution is 2.23. The van der Waals surface area contributed by atoms with Gasteiger partial charge in [-0.25, -0.2) is 10.8 Å².